The summed E-state index contributed by atoms with van der Waals surface area (Å²) in [6, 6.07) is 0.0941. The number of likely N-dealkylation sites (tertiary alicyclic amines) is 1. The van der Waals surface area contributed by atoms with Crippen molar-refractivity contribution in [1.29, 1.82) is 0 Å². The fourth-order valence-corrected chi connectivity index (χ4v) is 3.34. The highest BCUT2D eigenvalue weighted by Gasteiger charge is 2.38. The average Bonchev–Trinajstić information content (AvgIpc) is 2.94. The zero-order valence-corrected chi connectivity index (χ0v) is 13.0. The number of carboxylic acid groups (broad SMARTS) is 1. The Kier molecular flexibility index (Phi) is 5.58. The lowest BCUT2D eigenvalue weighted by Crippen LogP contribution is -2.51. The van der Waals surface area contributed by atoms with E-state index in [-0.39, 0.29) is 18.6 Å². The van der Waals surface area contributed by atoms with Gasteiger partial charge in [-0.05, 0) is 32.7 Å². The van der Waals surface area contributed by atoms with E-state index in [1.165, 1.54) is 6.42 Å². The van der Waals surface area contributed by atoms with Crippen LogP contribution in [-0.2, 0) is 14.3 Å². The molecule has 0 aliphatic carbocycles. The lowest BCUT2D eigenvalue weighted by atomic mass is 10.0. The van der Waals surface area contributed by atoms with Gasteiger partial charge < -0.3 is 14.7 Å². The molecule has 1 amide bonds. The molecule has 6 heteroatoms. The molecule has 2 rings (SSSR count). The Morgan fingerprint density at radius 3 is 2.71 bits per heavy atom. The quantitative estimate of drug-likeness (QED) is 0.813. The summed E-state index contributed by atoms with van der Waals surface area (Å²) in [5.41, 5.74) is 0. The van der Waals surface area contributed by atoms with Crippen molar-refractivity contribution in [2.45, 2.75) is 45.2 Å². The molecule has 6 nitrogen and oxygen atoms in total. The summed E-state index contributed by atoms with van der Waals surface area (Å²) < 4.78 is 5.31. The number of amides is 1. The predicted octanol–water partition coefficient (Wildman–Crippen LogP) is 0.809. The van der Waals surface area contributed by atoms with Gasteiger partial charge in [-0.1, -0.05) is 6.92 Å². The number of aliphatic carboxylic acids is 1. The van der Waals surface area contributed by atoms with E-state index in [2.05, 4.69) is 6.92 Å². The minimum Gasteiger partial charge on any atom is -0.481 e. The molecule has 0 aromatic rings. The molecule has 120 valence electrons. The summed E-state index contributed by atoms with van der Waals surface area (Å²) in [7, 11) is 0. The third-order valence-corrected chi connectivity index (χ3v) is 4.70. The van der Waals surface area contributed by atoms with E-state index in [1.54, 1.807) is 0 Å². The SMILES string of the molecule is CCN(CC(=O)N1CCCCC1C)C1COCC1C(=O)O. The Hall–Kier alpha value is -1.14. The van der Waals surface area contributed by atoms with Crippen LogP contribution in [0.2, 0.25) is 0 Å². The number of ether oxygens (including phenoxy) is 1. The van der Waals surface area contributed by atoms with Crippen molar-refractivity contribution >= 4 is 11.9 Å². The van der Waals surface area contributed by atoms with Crippen molar-refractivity contribution in [3.63, 3.8) is 0 Å². The first-order valence-electron chi connectivity index (χ1n) is 7.88. The summed E-state index contributed by atoms with van der Waals surface area (Å²) >= 11 is 0. The second-order valence-corrected chi connectivity index (χ2v) is 6.04. The molecule has 21 heavy (non-hydrogen) atoms. The molecular formula is C15H26N2O4. The lowest BCUT2D eigenvalue weighted by molar-refractivity contribution is -0.145. The van der Waals surface area contributed by atoms with Crippen LogP contribution >= 0.6 is 0 Å². The summed E-state index contributed by atoms with van der Waals surface area (Å²) in [4.78, 5) is 27.7. The molecule has 2 fully saturated rings. The van der Waals surface area contributed by atoms with Crippen LogP contribution in [0.15, 0.2) is 0 Å². The molecular weight excluding hydrogens is 272 g/mol. The Morgan fingerprint density at radius 2 is 2.10 bits per heavy atom. The number of hydrogen-bond donors (Lipinski definition) is 1. The number of rotatable bonds is 5. The fourth-order valence-electron chi connectivity index (χ4n) is 3.34. The summed E-state index contributed by atoms with van der Waals surface area (Å²) in [6.07, 6.45) is 3.30. The van der Waals surface area contributed by atoms with Gasteiger partial charge in [-0.2, -0.15) is 0 Å². The second-order valence-electron chi connectivity index (χ2n) is 6.04. The Morgan fingerprint density at radius 1 is 1.33 bits per heavy atom. The van der Waals surface area contributed by atoms with E-state index < -0.39 is 11.9 Å². The first-order chi connectivity index (χ1) is 10.0. The summed E-state index contributed by atoms with van der Waals surface area (Å²) in [6.45, 7) is 6.46. The normalized spacial score (nSPS) is 29.9. The lowest BCUT2D eigenvalue weighted by Gasteiger charge is -2.36. The van der Waals surface area contributed by atoms with Crippen LogP contribution in [0.25, 0.3) is 0 Å². The van der Waals surface area contributed by atoms with Crippen LogP contribution in [-0.4, -0.2) is 71.7 Å². The molecule has 0 bridgehead atoms. The third-order valence-electron chi connectivity index (χ3n) is 4.70. The number of carboxylic acids is 1. The van der Waals surface area contributed by atoms with Crippen molar-refractivity contribution in [2.75, 3.05) is 32.8 Å². The molecule has 0 aromatic heterocycles. The van der Waals surface area contributed by atoms with Gasteiger partial charge in [0.1, 0.15) is 0 Å². The van der Waals surface area contributed by atoms with Gasteiger partial charge >= 0.3 is 5.97 Å². The number of carbonyl (C=O) groups is 2. The van der Waals surface area contributed by atoms with Crippen molar-refractivity contribution in [2.24, 2.45) is 5.92 Å². The topological polar surface area (TPSA) is 70.1 Å². The van der Waals surface area contributed by atoms with Crippen molar-refractivity contribution in [1.82, 2.24) is 9.80 Å². The van der Waals surface area contributed by atoms with Gasteiger partial charge in [0.25, 0.3) is 0 Å². The molecule has 0 radical (unpaired) electrons. The van der Waals surface area contributed by atoms with Crippen LogP contribution in [0, 0.1) is 5.92 Å². The molecule has 3 unspecified atom stereocenters. The van der Waals surface area contributed by atoms with Crippen molar-refractivity contribution < 1.29 is 19.4 Å². The average molecular weight is 298 g/mol. The Labute approximate surface area is 126 Å². The molecule has 2 heterocycles. The maximum absolute atomic E-state index is 12.5. The maximum atomic E-state index is 12.5. The molecule has 1 N–H and O–H groups in total. The zero-order chi connectivity index (χ0) is 15.4. The Bertz CT molecular complexity index is 388. The summed E-state index contributed by atoms with van der Waals surface area (Å²) in [5, 5.41) is 9.25. The van der Waals surface area contributed by atoms with Gasteiger partial charge in [0.15, 0.2) is 0 Å². The van der Waals surface area contributed by atoms with E-state index in [1.807, 2.05) is 16.7 Å². The highest BCUT2D eigenvalue weighted by Crippen LogP contribution is 2.21. The van der Waals surface area contributed by atoms with Crippen LogP contribution in [0.5, 0.6) is 0 Å². The van der Waals surface area contributed by atoms with E-state index >= 15 is 0 Å². The number of likely N-dealkylation sites (N-methyl/N-ethyl adjacent to an activating group) is 1. The van der Waals surface area contributed by atoms with E-state index in [0.717, 1.165) is 19.4 Å². The highest BCUT2D eigenvalue weighted by molar-refractivity contribution is 5.79. The van der Waals surface area contributed by atoms with Crippen LogP contribution in [0.1, 0.15) is 33.1 Å². The second kappa shape index (κ2) is 7.22. The van der Waals surface area contributed by atoms with E-state index in [9.17, 15) is 14.7 Å². The molecule has 2 saturated heterocycles. The highest BCUT2D eigenvalue weighted by atomic mass is 16.5. The Balaban J connectivity index is 1.98. The predicted molar refractivity (Wildman–Crippen MR) is 78.0 cm³/mol. The van der Waals surface area contributed by atoms with Gasteiger partial charge in [-0.15, -0.1) is 0 Å². The van der Waals surface area contributed by atoms with Crippen LogP contribution in [0.4, 0.5) is 0 Å². The zero-order valence-electron chi connectivity index (χ0n) is 13.0. The smallest absolute Gasteiger partial charge is 0.310 e. The largest absolute Gasteiger partial charge is 0.481 e. The molecule has 0 saturated carbocycles. The molecule has 2 aliphatic heterocycles. The molecule has 3 atom stereocenters. The molecule has 2 aliphatic rings. The minimum atomic E-state index is -0.838. The third kappa shape index (κ3) is 3.74. The number of nitrogens with zero attached hydrogens (tertiary/aromatic N) is 2. The number of hydrogen-bond acceptors (Lipinski definition) is 4. The number of piperidine rings is 1. The maximum Gasteiger partial charge on any atom is 0.310 e. The monoisotopic (exact) mass is 298 g/mol. The molecule has 0 aromatic carbocycles. The van der Waals surface area contributed by atoms with E-state index in [4.69, 9.17) is 4.74 Å². The van der Waals surface area contributed by atoms with Crippen molar-refractivity contribution in [3.8, 4) is 0 Å². The fraction of sp³-hybridized carbons (Fsp3) is 0.867. The molecule has 0 spiro atoms. The first-order valence-corrected chi connectivity index (χ1v) is 7.88. The van der Waals surface area contributed by atoms with Crippen molar-refractivity contribution in [3.05, 3.63) is 0 Å². The van der Waals surface area contributed by atoms with Gasteiger partial charge in [-0.25, -0.2) is 0 Å². The van der Waals surface area contributed by atoms with Gasteiger partial charge in [0.2, 0.25) is 5.91 Å². The van der Waals surface area contributed by atoms with Gasteiger partial charge in [0.05, 0.1) is 25.7 Å². The number of carbonyl (C=O) groups excluding carboxylic acids is 1. The van der Waals surface area contributed by atoms with Gasteiger partial charge in [0, 0.05) is 18.6 Å². The van der Waals surface area contributed by atoms with Crippen LogP contribution < -0.4 is 0 Å². The minimum absolute atomic E-state index is 0.111. The first kappa shape index (κ1) is 16.2. The van der Waals surface area contributed by atoms with Gasteiger partial charge in [-0.3, -0.25) is 14.5 Å². The standard InChI is InChI=1S/C15H26N2O4/c1-3-16(13-10-21-9-12(13)15(19)20)8-14(18)17-7-5-4-6-11(17)2/h11-13H,3-10H2,1-2H3,(H,19,20). The van der Waals surface area contributed by atoms with Crippen LogP contribution in [0.3, 0.4) is 0 Å². The summed E-state index contributed by atoms with van der Waals surface area (Å²) in [5.74, 6) is -1.26. The van der Waals surface area contributed by atoms with E-state index in [0.29, 0.717) is 25.7 Å².